The summed E-state index contributed by atoms with van der Waals surface area (Å²) < 4.78 is 39.0. The molecule has 5 aromatic rings. The molecular weight excluding hydrogens is 381 g/mol. The Bertz CT molecular complexity index is 1400. The minimum absolute atomic E-state index is 0.604. The van der Waals surface area contributed by atoms with Gasteiger partial charge in [-0.25, -0.2) is 0 Å². The highest BCUT2D eigenvalue weighted by Gasteiger charge is 2.30. The van der Waals surface area contributed by atoms with Gasteiger partial charge in [0.1, 0.15) is 0 Å². The summed E-state index contributed by atoms with van der Waals surface area (Å²) in [5, 5.41) is 8.04. The molecule has 0 aliphatic rings. The Labute approximate surface area is 172 Å². The standard InChI is InChI=1S/C23H13F3.C4H6/c24-23(25,26)18-7-10-19-17(12-18)6-9-21-20(19)8-5-16-11-14-3-1-2-4-15(14)13-22(16)21;1-3-4-2/h1-13H;3-4H,1-2H2. The fraction of sp³-hybridized carbons (Fsp3) is 0.0370. The second-order valence-corrected chi connectivity index (χ2v) is 7.05. The Morgan fingerprint density at radius 1 is 0.533 bits per heavy atom. The summed E-state index contributed by atoms with van der Waals surface area (Å²) in [6, 6.07) is 24.2. The lowest BCUT2D eigenvalue weighted by Crippen LogP contribution is -2.04. The van der Waals surface area contributed by atoms with Gasteiger partial charge < -0.3 is 0 Å². The lowest BCUT2D eigenvalue weighted by molar-refractivity contribution is -0.137. The van der Waals surface area contributed by atoms with Gasteiger partial charge in [0.2, 0.25) is 0 Å². The lowest BCUT2D eigenvalue weighted by Gasteiger charge is -2.11. The molecule has 3 heteroatoms. The third-order valence-corrected chi connectivity index (χ3v) is 5.19. The number of rotatable bonds is 1. The quantitative estimate of drug-likeness (QED) is 0.150. The van der Waals surface area contributed by atoms with Gasteiger partial charge in [-0.3, -0.25) is 0 Å². The zero-order chi connectivity index (χ0) is 21.3. The maximum Gasteiger partial charge on any atom is 0.416 e. The van der Waals surface area contributed by atoms with Crippen molar-refractivity contribution in [3.8, 4) is 0 Å². The third kappa shape index (κ3) is 3.55. The summed E-state index contributed by atoms with van der Waals surface area (Å²) >= 11 is 0. The van der Waals surface area contributed by atoms with Crippen LogP contribution in [0.15, 0.2) is 104 Å². The highest BCUT2D eigenvalue weighted by Crippen LogP contribution is 2.36. The minimum Gasteiger partial charge on any atom is -0.166 e. The molecule has 30 heavy (non-hydrogen) atoms. The molecule has 0 saturated heterocycles. The van der Waals surface area contributed by atoms with Crippen LogP contribution in [-0.2, 0) is 6.18 Å². The molecule has 0 aliphatic carbocycles. The van der Waals surface area contributed by atoms with Crippen LogP contribution in [0.5, 0.6) is 0 Å². The first-order valence-electron chi connectivity index (χ1n) is 9.51. The van der Waals surface area contributed by atoms with Crippen molar-refractivity contribution in [2.45, 2.75) is 6.18 Å². The van der Waals surface area contributed by atoms with E-state index in [-0.39, 0.29) is 0 Å². The molecular formula is C27H19F3. The van der Waals surface area contributed by atoms with Crippen molar-refractivity contribution in [1.29, 1.82) is 0 Å². The average molecular weight is 400 g/mol. The van der Waals surface area contributed by atoms with Gasteiger partial charge in [-0.05, 0) is 67.4 Å². The van der Waals surface area contributed by atoms with E-state index in [4.69, 9.17) is 0 Å². The monoisotopic (exact) mass is 400 g/mol. The molecule has 0 N–H and O–H groups in total. The largest absolute Gasteiger partial charge is 0.416 e. The summed E-state index contributed by atoms with van der Waals surface area (Å²) in [4.78, 5) is 0. The van der Waals surface area contributed by atoms with Crippen LogP contribution in [0, 0.1) is 0 Å². The molecule has 0 radical (unpaired) electrons. The average Bonchev–Trinajstić information content (AvgIpc) is 2.76. The SMILES string of the molecule is C=CC=C.FC(F)(F)c1ccc2c(ccc3c4cc5ccccc5cc4ccc23)c1. The normalized spacial score (nSPS) is 11.4. The second kappa shape index (κ2) is 7.68. The Balaban J connectivity index is 0.000000503. The van der Waals surface area contributed by atoms with E-state index in [2.05, 4.69) is 37.4 Å². The molecule has 148 valence electrons. The fourth-order valence-corrected chi connectivity index (χ4v) is 3.75. The number of fused-ring (bicyclic) bond motifs is 6. The molecule has 0 bridgehead atoms. The summed E-state index contributed by atoms with van der Waals surface area (Å²) in [5.41, 5.74) is -0.615. The van der Waals surface area contributed by atoms with Gasteiger partial charge in [-0.2, -0.15) is 13.2 Å². The van der Waals surface area contributed by atoms with E-state index in [0.717, 1.165) is 38.4 Å². The number of hydrogen-bond donors (Lipinski definition) is 0. The number of allylic oxidation sites excluding steroid dienone is 2. The molecule has 5 rings (SSSR count). The van der Waals surface area contributed by atoms with Crippen LogP contribution >= 0.6 is 0 Å². The van der Waals surface area contributed by atoms with Gasteiger partial charge in [0, 0.05) is 0 Å². The maximum atomic E-state index is 13.0. The Kier molecular flexibility index (Phi) is 5.04. The van der Waals surface area contributed by atoms with Crippen LogP contribution in [0.2, 0.25) is 0 Å². The number of benzene rings is 5. The Morgan fingerprint density at radius 2 is 1.07 bits per heavy atom. The van der Waals surface area contributed by atoms with E-state index in [1.807, 2.05) is 30.3 Å². The van der Waals surface area contributed by atoms with Crippen LogP contribution < -0.4 is 0 Å². The molecule has 0 fully saturated rings. The number of halogens is 3. The maximum absolute atomic E-state index is 13.0. The summed E-state index contributed by atoms with van der Waals surface area (Å²) in [7, 11) is 0. The highest BCUT2D eigenvalue weighted by atomic mass is 19.4. The smallest absolute Gasteiger partial charge is 0.166 e. The molecule has 0 amide bonds. The summed E-state index contributed by atoms with van der Waals surface area (Å²) in [6.45, 7) is 6.72. The number of alkyl halides is 3. The van der Waals surface area contributed by atoms with E-state index in [1.54, 1.807) is 24.3 Å². The van der Waals surface area contributed by atoms with E-state index in [9.17, 15) is 13.2 Å². The summed E-state index contributed by atoms with van der Waals surface area (Å²) in [5.74, 6) is 0. The number of hydrogen-bond acceptors (Lipinski definition) is 0. The first-order chi connectivity index (χ1) is 14.4. The van der Waals surface area contributed by atoms with Crippen LogP contribution in [-0.4, -0.2) is 0 Å². The Morgan fingerprint density at radius 3 is 1.67 bits per heavy atom. The first-order valence-corrected chi connectivity index (χ1v) is 9.51. The van der Waals surface area contributed by atoms with Gasteiger partial charge in [-0.1, -0.05) is 79.9 Å². The molecule has 0 aromatic heterocycles. The molecule has 5 aromatic carbocycles. The zero-order valence-electron chi connectivity index (χ0n) is 16.2. The second-order valence-electron chi connectivity index (χ2n) is 7.05. The van der Waals surface area contributed by atoms with Crippen molar-refractivity contribution in [2.75, 3.05) is 0 Å². The fourth-order valence-electron chi connectivity index (χ4n) is 3.75. The predicted octanol–water partition coefficient (Wildman–Crippen LogP) is 8.68. The van der Waals surface area contributed by atoms with E-state index in [0.29, 0.717) is 5.39 Å². The molecule has 0 atom stereocenters. The van der Waals surface area contributed by atoms with E-state index >= 15 is 0 Å². The van der Waals surface area contributed by atoms with Crippen molar-refractivity contribution in [1.82, 2.24) is 0 Å². The van der Waals surface area contributed by atoms with Crippen LogP contribution in [0.3, 0.4) is 0 Å². The highest BCUT2D eigenvalue weighted by molar-refractivity contribution is 6.19. The van der Waals surface area contributed by atoms with E-state index < -0.39 is 11.7 Å². The van der Waals surface area contributed by atoms with Crippen LogP contribution in [0.1, 0.15) is 5.56 Å². The molecule has 0 aliphatic heterocycles. The minimum atomic E-state index is -4.33. The molecule has 0 spiro atoms. The van der Waals surface area contributed by atoms with Gasteiger partial charge in [0.25, 0.3) is 0 Å². The van der Waals surface area contributed by atoms with E-state index in [1.165, 1.54) is 11.5 Å². The van der Waals surface area contributed by atoms with Crippen molar-refractivity contribution in [2.24, 2.45) is 0 Å². The van der Waals surface area contributed by atoms with Crippen LogP contribution in [0.4, 0.5) is 13.2 Å². The third-order valence-electron chi connectivity index (χ3n) is 5.19. The topological polar surface area (TPSA) is 0 Å². The molecule has 0 heterocycles. The molecule has 0 unspecified atom stereocenters. The van der Waals surface area contributed by atoms with Gasteiger partial charge in [-0.15, -0.1) is 0 Å². The van der Waals surface area contributed by atoms with Gasteiger partial charge in [0.15, 0.2) is 0 Å². The predicted molar refractivity (Wildman–Crippen MR) is 122 cm³/mol. The van der Waals surface area contributed by atoms with Crippen LogP contribution in [0.25, 0.3) is 43.1 Å². The van der Waals surface area contributed by atoms with Gasteiger partial charge >= 0.3 is 6.18 Å². The van der Waals surface area contributed by atoms with Gasteiger partial charge in [0.05, 0.1) is 5.56 Å². The Hall–Kier alpha value is -3.59. The molecule has 0 nitrogen and oxygen atoms in total. The zero-order valence-corrected chi connectivity index (χ0v) is 16.2. The van der Waals surface area contributed by atoms with Crippen molar-refractivity contribution >= 4 is 43.1 Å². The lowest BCUT2D eigenvalue weighted by atomic mass is 9.94. The van der Waals surface area contributed by atoms with Crippen molar-refractivity contribution in [3.05, 3.63) is 110 Å². The van der Waals surface area contributed by atoms with Crippen molar-refractivity contribution < 1.29 is 13.2 Å². The van der Waals surface area contributed by atoms with Crippen molar-refractivity contribution in [3.63, 3.8) is 0 Å². The first kappa shape index (κ1) is 19.7. The summed E-state index contributed by atoms with van der Waals surface area (Å²) in [6.07, 6.45) is -1.05. The molecule has 0 saturated carbocycles.